The molecule has 0 N–H and O–H groups in total. The van der Waals surface area contributed by atoms with Gasteiger partial charge in [0.1, 0.15) is 11.5 Å². The van der Waals surface area contributed by atoms with Crippen molar-refractivity contribution < 1.29 is 18.3 Å². The lowest BCUT2D eigenvalue weighted by atomic mass is 10.0. The van der Waals surface area contributed by atoms with E-state index >= 15 is 0 Å². The first-order chi connectivity index (χ1) is 13.2. The highest BCUT2D eigenvalue weighted by Gasteiger charge is 2.29. The third-order valence-corrected chi connectivity index (χ3v) is 5.11. The Hall–Kier alpha value is -2.58. The van der Waals surface area contributed by atoms with Gasteiger partial charge in [-0.1, -0.05) is 0 Å². The van der Waals surface area contributed by atoms with Gasteiger partial charge >= 0.3 is 0 Å². The molecule has 0 radical (unpaired) electrons. The predicted octanol–water partition coefficient (Wildman–Crippen LogP) is 4.28. The van der Waals surface area contributed by atoms with Gasteiger partial charge in [-0.25, -0.2) is 4.68 Å². The third-order valence-electron chi connectivity index (χ3n) is 4.81. The summed E-state index contributed by atoms with van der Waals surface area (Å²) in [6.07, 6.45) is 3.69. The Morgan fingerprint density at radius 2 is 2.15 bits per heavy atom. The van der Waals surface area contributed by atoms with Crippen molar-refractivity contribution in [2.24, 2.45) is 0 Å². The van der Waals surface area contributed by atoms with Crippen LogP contribution in [0.25, 0.3) is 11.7 Å². The molecule has 1 saturated heterocycles. The molecule has 0 saturated carbocycles. The number of ether oxygens (including phenoxy) is 2. The highest BCUT2D eigenvalue weighted by atomic mass is 32.1. The molecule has 27 heavy (non-hydrogen) atoms. The van der Waals surface area contributed by atoms with E-state index < -0.39 is 0 Å². The number of benzene rings is 1. The lowest BCUT2D eigenvalue weighted by Gasteiger charge is -2.26. The van der Waals surface area contributed by atoms with E-state index in [0.29, 0.717) is 23.2 Å². The lowest BCUT2D eigenvalue weighted by molar-refractivity contribution is 0.184. The van der Waals surface area contributed by atoms with Gasteiger partial charge in [0.25, 0.3) is 10.7 Å². The fourth-order valence-electron chi connectivity index (χ4n) is 3.51. The summed E-state index contributed by atoms with van der Waals surface area (Å²) in [5, 5.41) is 4.47. The molecular weight excluding hydrogens is 366 g/mol. The molecule has 4 rings (SSSR count). The lowest BCUT2D eigenvalue weighted by Crippen LogP contribution is -2.27. The van der Waals surface area contributed by atoms with Crippen LogP contribution in [0.2, 0.25) is 0 Å². The second-order valence-corrected chi connectivity index (χ2v) is 6.72. The molecule has 3 heterocycles. The van der Waals surface area contributed by atoms with Crippen LogP contribution in [0.4, 0.5) is 0 Å². The molecule has 8 heteroatoms. The van der Waals surface area contributed by atoms with Gasteiger partial charge in [0.15, 0.2) is 5.76 Å². The van der Waals surface area contributed by atoms with Crippen molar-refractivity contribution in [1.82, 2.24) is 14.7 Å². The SMILES string of the molecule is COc1ccc(OC)c([C@H]2CCCN2Cn2nc(-c3ccco3)oc2=S)c1. The van der Waals surface area contributed by atoms with Gasteiger partial charge in [0, 0.05) is 18.2 Å². The molecule has 1 aromatic carbocycles. The quantitative estimate of drug-likeness (QED) is 0.585. The van der Waals surface area contributed by atoms with Crippen molar-refractivity contribution in [3.63, 3.8) is 0 Å². The van der Waals surface area contributed by atoms with Crippen molar-refractivity contribution >= 4 is 12.2 Å². The molecule has 1 atom stereocenters. The Morgan fingerprint density at radius 3 is 2.89 bits per heavy atom. The van der Waals surface area contributed by atoms with Crippen molar-refractivity contribution in [2.45, 2.75) is 25.6 Å². The normalized spacial score (nSPS) is 17.3. The highest BCUT2D eigenvalue weighted by molar-refractivity contribution is 7.71. The van der Waals surface area contributed by atoms with Gasteiger partial charge in [-0.3, -0.25) is 4.90 Å². The van der Waals surface area contributed by atoms with Gasteiger partial charge in [0.2, 0.25) is 0 Å². The number of hydrogen-bond acceptors (Lipinski definition) is 7. The number of nitrogens with zero attached hydrogens (tertiary/aromatic N) is 3. The molecule has 1 aliphatic heterocycles. The van der Waals surface area contributed by atoms with E-state index in [9.17, 15) is 0 Å². The molecule has 0 aliphatic carbocycles. The van der Waals surface area contributed by atoms with E-state index in [-0.39, 0.29) is 6.04 Å². The van der Waals surface area contributed by atoms with Crippen LogP contribution in [0.1, 0.15) is 24.4 Å². The average molecular weight is 387 g/mol. The van der Waals surface area contributed by atoms with Crippen molar-refractivity contribution in [2.75, 3.05) is 20.8 Å². The summed E-state index contributed by atoms with van der Waals surface area (Å²) >= 11 is 5.35. The molecular formula is C19H21N3O4S. The minimum atomic E-state index is 0.195. The summed E-state index contributed by atoms with van der Waals surface area (Å²) in [6.45, 7) is 1.48. The number of methoxy groups -OCH3 is 2. The van der Waals surface area contributed by atoms with Crippen LogP contribution >= 0.6 is 12.2 Å². The van der Waals surface area contributed by atoms with Crippen molar-refractivity contribution in [1.29, 1.82) is 0 Å². The summed E-state index contributed by atoms with van der Waals surface area (Å²) < 4.78 is 23.6. The molecule has 7 nitrogen and oxygen atoms in total. The number of likely N-dealkylation sites (tertiary alicyclic amines) is 1. The third kappa shape index (κ3) is 3.50. The predicted molar refractivity (Wildman–Crippen MR) is 101 cm³/mol. The summed E-state index contributed by atoms with van der Waals surface area (Å²) in [5.41, 5.74) is 1.11. The zero-order chi connectivity index (χ0) is 18.8. The second kappa shape index (κ2) is 7.58. The number of furan rings is 1. The van der Waals surface area contributed by atoms with Crippen LogP contribution in [0, 0.1) is 4.84 Å². The van der Waals surface area contributed by atoms with E-state index in [4.69, 9.17) is 30.5 Å². The van der Waals surface area contributed by atoms with Gasteiger partial charge in [-0.05, 0) is 55.4 Å². The van der Waals surface area contributed by atoms with E-state index in [1.807, 2.05) is 18.2 Å². The topological polar surface area (TPSA) is 65.8 Å². The maximum Gasteiger partial charge on any atom is 0.288 e. The molecule has 0 bridgehead atoms. The van der Waals surface area contributed by atoms with Crippen LogP contribution in [0.15, 0.2) is 45.4 Å². The number of hydrogen-bond donors (Lipinski definition) is 0. The molecule has 2 aromatic heterocycles. The maximum absolute atomic E-state index is 5.59. The molecule has 1 aliphatic rings. The van der Waals surface area contributed by atoms with E-state index in [1.165, 1.54) is 0 Å². The fraction of sp³-hybridized carbons (Fsp3) is 0.368. The Kier molecular flexibility index (Phi) is 5.00. The minimum Gasteiger partial charge on any atom is -0.497 e. The monoisotopic (exact) mass is 387 g/mol. The fourth-order valence-corrected chi connectivity index (χ4v) is 3.69. The van der Waals surface area contributed by atoms with Crippen molar-refractivity contribution in [3.05, 3.63) is 47.0 Å². The Labute approximate surface area is 162 Å². The Bertz CT molecular complexity index is 964. The van der Waals surface area contributed by atoms with Gasteiger partial charge in [-0.2, -0.15) is 0 Å². The summed E-state index contributed by atoms with van der Waals surface area (Å²) in [5.74, 6) is 2.62. The van der Waals surface area contributed by atoms with Crippen LogP contribution < -0.4 is 9.47 Å². The van der Waals surface area contributed by atoms with Gasteiger partial charge in [0.05, 0.1) is 27.2 Å². The molecule has 142 valence electrons. The first-order valence-electron chi connectivity index (χ1n) is 8.77. The number of rotatable bonds is 6. The molecule has 0 amide bonds. The van der Waals surface area contributed by atoms with E-state index in [1.54, 1.807) is 37.3 Å². The van der Waals surface area contributed by atoms with Gasteiger partial charge < -0.3 is 18.3 Å². The molecule has 0 spiro atoms. The Morgan fingerprint density at radius 1 is 1.26 bits per heavy atom. The van der Waals surface area contributed by atoms with Crippen LogP contribution in [0.5, 0.6) is 11.5 Å². The largest absolute Gasteiger partial charge is 0.497 e. The van der Waals surface area contributed by atoms with Crippen LogP contribution in [0.3, 0.4) is 0 Å². The summed E-state index contributed by atoms with van der Waals surface area (Å²) in [7, 11) is 3.36. The molecule has 0 unspecified atom stereocenters. The summed E-state index contributed by atoms with van der Waals surface area (Å²) in [4.78, 5) is 2.64. The standard InChI is InChI=1S/C19H21N3O4S/c1-23-13-7-8-16(24-2)14(11-13)15-5-3-9-21(15)12-22-19(27)26-18(20-22)17-6-4-10-25-17/h4,6-8,10-11,15H,3,5,9,12H2,1-2H3/t15-/m1/s1. The van der Waals surface area contributed by atoms with Crippen LogP contribution in [-0.2, 0) is 6.67 Å². The summed E-state index contributed by atoms with van der Waals surface area (Å²) in [6, 6.07) is 9.68. The first kappa shape index (κ1) is 17.8. The number of aromatic nitrogens is 2. The van der Waals surface area contributed by atoms with Crippen LogP contribution in [-0.4, -0.2) is 35.4 Å². The molecule has 1 fully saturated rings. The Balaban J connectivity index is 1.61. The minimum absolute atomic E-state index is 0.195. The zero-order valence-electron chi connectivity index (χ0n) is 15.3. The van der Waals surface area contributed by atoms with Gasteiger partial charge in [-0.15, -0.1) is 5.10 Å². The first-order valence-corrected chi connectivity index (χ1v) is 9.18. The highest BCUT2D eigenvalue weighted by Crippen LogP contribution is 2.39. The maximum atomic E-state index is 5.59. The average Bonchev–Trinajstić information content (AvgIpc) is 3.43. The molecule has 3 aromatic rings. The van der Waals surface area contributed by atoms with Crippen molar-refractivity contribution in [3.8, 4) is 23.1 Å². The second-order valence-electron chi connectivity index (χ2n) is 6.37. The smallest absolute Gasteiger partial charge is 0.288 e. The van der Waals surface area contributed by atoms with E-state index in [0.717, 1.165) is 36.4 Å². The van der Waals surface area contributed by atoms with E-state index in [2.05, 4.69) is 10.00 Å². The zero-order valence-corrected chi connectivity index (χ0v) is 16.1.